The number of carbonyl (C=O) groups excluding carboxylic acids is 2. The first-order valence-electron chi connectivity index (χ1n) is 9.14. The van der Waals surface area contributed by atoms with Crippen LogP contribution in [0.2, 0.25) is 0 Å². The first-order valence-corrected chi connectivity index (χ1v) is 9.14. The normalized spacial score (nSPS) is 20.6. The van der Waals surface area contributed by atoms with E-state index in [2.05, 4.69) is 16.0 Å². The smallest absolute Gasteiger partial charge is 0.228 e. The number of hydrogen-bond acceptors (Lipinski definition) is 3. The molecule has 1 heterocycles. The van der Waals surface area contributed by atoms with Crippen molar-refractivity contribution in [1.82, 2.24) is 10.6 Å². The average molecular weight is 366 g/mol. The fourth-order valence-electron chi connectivity index (χ4n) is 3.71. The highest BCUT2D eigenvalue weighted by Gasteiger charge is 2.30. The Hall–Kier alpha value is -1.59. The van der Waals surface area contributed by atoms with Crippen LogP contribution in [-0.2, 0) is 9.59 Å². The average Bonchev–Trinajstić information content (AvgIpc) is 2.86. The molecule has 1 unspecified atom stereocenters. The topological polar surface area (TPSA) is 70.2 Å². The Labute approximate surface area is 155 Å². The molecule has 5 nitrogen and oxygen atoms in total. The van der Waals surface area contributed by atoms with Crippen LogP contribution in [0.5, 0.6) is 0 Å². The van der Waals surface area contributed by atoms with Gasteiger partial charge < -0.3 is 16.0 Å². The molecule has 1 aromatic rings. The van der Waals surface area contributed by atoms with Crippen LogP contribution >= 0.6 is 12.4 Å². The van der Waals surface area contributed by atoms with Gasteiger partial charge in [0.05, 0.1) is 5.92 Å². The number of amides is 2. The number of anilines is 1. The molecule has 0 bridgehead atoms. The van der Waals surface area contributed by atoms with E-state index < -0.39 is 0 Å². The molecule has 138 valence electrons. The van der Waals surface area contributed by atoms with Crippen LogP contribution in [-0.4, -0.2) is 30.9 Å². The van der Waals surface area contributed by atoms with Crippen molar-refractivity contribution in [2.75, 3.05) is 18.4 Å². The van der Waals surface area contributed by atoms with Gasteiger partial charge in [0.25, 0.3) is 0 Å². The van der Waals surface area contributed by atoms with Crippen LogP contribution in [0.1, 0.15) is 56.4 Å². The molecule has 0 radical (unpaired) electrons. The van der Waals surface area contributed by atoms with E-state index in [4.69, 9.17) is 0 Å². The van der Waals surface area contributed by atoms with Gasteiger partial charge in [-0.25, -0.2) is 0 Å². The summed E-state index contributed by atoms with van der Waals surface area (Å²) < 4.78 is 0. The quantitative estimate of drug-likeness (QED) is 0.555. The SMILES string of the molecule is Cl.O=C1CC(C(=O)NCCNC2CCCCCC2)c2ccccc2N1. The molecule has 0 spiro atoms. The van der Waals surface area contributed by atoms with Crippen molar-refractivity contribution in [3.63, 3.8) is 0 Å². The van der Waals surface area contributed by atoms with Gasteiger partial charge in [-0.2, -0.15) is 0 Å². The number of benzene rings is 1. The number of fused-ring (bicyclic) bond motifs is 1. The third kappa shape index (κ3) is 5.44. The van der Waals surface area contributed by atoms with Gasteiger partial charge >= 0.3 is 0 Å². The van der Waals surface area contributed by atoms with Crippen molar-refractivity contribution in [3.8, 4) is 0 Å². The zero-order valence-electron chi connectivity index (χ0n) is 14.6. The minimum atomic E-state index is -0.382. The van der Waals surface area contributed by atoms with E-state index in [1.807, 2.05) is 24.3 Å². The second kappa shape index (κ2) is 9.78. The van der Waals surface area contributed by atoms with Crippen LogP contribution in [0.4, 0.5) is 5.69 Å². The van der Waals surface area contributed by atoms with E-state index in [1.54, 1.807) is 0 Å². The van der Waals surface area contributed by atoms with Gasteiger partial charge in [-0.1, -0.05) is 43.9 Å². The van der Waals surface area contributed by atoms with Gasteiger partial charge in [-0.05, 0) is 24.5 Å². The fourth-order valence-corrected chi connectivity index (χ4v) is 3.71. The summed E-state index contributed by atoms with van der Waals surface area (Å²) in [5.41, 5.74) is 1.66. The van der Waals surface area contributed by atoms with Crippen LogP contribution in [0, 0.1) is 0 Å². The van der Waals surface area contributed by atoms with Gasteiger partial charge in [-0.15, -0.1) is 12.4 Å². The number of nitrogens with one attached hydrogen (secondary N) is 3. The summed E-state index contributed by atoms with van der Waals surface area (Å²) in [6.07, 6.45) is 8.00. The molecule has 1 aromatic carbocycles. The molecule has 1 aliphatic carbocycles. The molecule has 1 aliphatic heterocycles. The third-order valence-electron chi connectivity index (χ3n) is 5.03. The maximum atomic E-state index is 12.5. The Kier molecular flexibility index (Phi) is 7.72. The highest BCUT2D eigenvalue weighted by molar-refractivity contribution is 6.01. The molecule has 3 rings (SSSR count). The number of carbonyl (C=O) groups is 2. The van der Waals surface area contributed by atoms with E-state index in [-0.39, 0.29) is 36.6 Å². The molecule has 1 fully saturated rings. The van der Waals surface area contributed by atoms with Crippen LogP contribution in [0.3, 0.4) is 0 Å². The van der Waals surface area contributed by atoms with Crippen molar-refractivity contribution in [2.45, 2.75) is 56.9 Å². The van der Waals surface area contributed by atoms with Gasteiger partial charge in [0.1, 0.15) is 0 Å². The predicted octanol–water partition coefficient (Wildman–Crippen LogP) is 2.96. The molecule has 6 heteroatoms. The summed E-state index contributed by atoms with van der Waals surface area (Å²) in [6.45, 7) is 1.40. The minimum Gasteiger partial charge on any atom is -0.354 e. The van der Waals surface area contributed by atoms with Crippen LogP contribution < -0.4 is 16.0 Å². The molecule has 2 amide bonds. The summed E-state index contributed by atoms with van der Waals surface area (Å²) in [4.78, 5) is 24.3. The van der Waals surface area contributed by atoms with E-state index in [0.717, 1.165) is 17.8 Å². The van der Waals surface area contributed by atoms with Crippen LogP contribution in [0.25, 0.3) is 0 Å². The molecule has 3 N–H and O–H groups in total. The highest BCUT2D eigenvalue weighted by Crippen LogP contribution is 2.31. The molecular formula is C19H28ClN3O2. The number of halogens is 1. The van der Waals surface area contributed by atoms with Gasteiger partial charge in [0.15, 0.2) is 0 Å². The lowest BCUT2D eigenvalue weighted by molar-refractivity contribution is -0.126. The summed E-state index contributed by atoms with van der Waals surface area (Å²) in [6, 6.07) is 8.13. The van der Waals surface area contributed by atoms with E-state index in [9.17, 15) is 9.59 Å². The standard InChI is InChI=1S/C19H27N3O2.ClH/c23-18-13-16(15-9-5-6-10-17(15)22-18)19(24)21-12-11-20-14-7-3-1-2-4-8-14;/h5-6,9-10,14,16,20H,1-4,7-8,11-13H2,(H,21,24)(H,22,23);1H. The number of hydrogen-bond donors (Lipinski definition) is 3. The molecule has 1 saturated carbocycles. The summed E-state index contributed by atoms with van der Waals surface area (Å²) in [5, 5.41) is 9.37. The Morgan fingerprint density at radius 3 is 2.56 bits per heavy atom. The van der Waals surface area contributed by atoms with Gasteiger partial charge in [0, 0.05) is 31.2 Å². The third-order valence-corrected chi connectivity index (χ3v) is 5.03. The van der Waals surface area contributed by atoms with Crippen molar-refractivity contribution < 1.29 is 9.59 Å². The summed E-state index contributed by atoms with van der Waals surface area (Å²) >= 11 is 0. The second-order valence-corrected chi connectivity index (χ2v) is 6.83. The van der Waals surface area contributed by atoms with E-state index in [0.29, 0.717) is 12.6 Å². The monoisotopic (exact) mass is 365 g/mol. The predicted molar refractivity (Wildman–Crippen MR) is 102 cm³/mol. The Morgan fingerprint density at radius 1 is 1.08 bits per heavy atom. The molecule has 25 heavy (non-hydrogen) atoms. The van der Waals surface area contributed by atoms with Crippen molar-refractivity contribution >= 4 is 29.9 Å². The largest absolute Gasteiger partial charge is 0.354 e. The van der Waals surface area contributed by atoms with Crippen molar-refractivity contribution in [1.29, 1.82) is 0 Å². The molecule has 0 saturated heterocycles. The fraction of sp³-hybridized carbons (Fsp3) is 0.579. The number of rotatable bonds is 5. The van der Waals surface area contributed by atoms with Gasteiger partial charge in [0.2, 0.25) is 11.8 Å². The number of para-hydroxylation sites is 1. The summed E-state index contributed by atoms with van der Waals surface area (Å²) in [5.74, 6) is -0.529. The first-order chi connectivity index (χ1) is 11.7. The van der Waals surface area contributed by atoms with E-state index >= 15 is 0 Å². The second-order valence-electron chi connectivity index (χ2n) is 6.83. The Bertz CT molecular complexity index is 586. The van der Waals surface area contributed by atoms with E-state index in [1.165, 1.54) is 38.5 Å². The zero-order valence-corrected chi connectivity index (χ0v) is 15.4. The summed E-state index contributed by atoms with van der Waals surface area (Å²) in [7, 11) is 0. The maximum absolute atomic E-state index is 12.5. The lowest BCUT2D eigenvalue weighted by Crippen LogP contribution is -2.40. The zero-order chi connectivity index (χ0) is 16.8. The Balaban J connectivity index is 0.00000225. The lowest BCUT2D eigenvalue weighted by Gasteiger charge is -2.25. The van der Waals surface area contributed by atoms with Gasteiger partial charge in [-0.3, -0.25) is 9.59 Å². The minimum absolute atomic E-state index is 0. The van der Waals surface area contributed by atoms with Crippen molar-refractivity contribution in [2.24, 2.45) is 0 Å². The van der Waals surface area contributed by atoms with Crippen LogP contribution in [0.15, 0.2) is 24.3 Å². The lowest BCUT2D eigenvalue weighted by atomic mass is 9.90. The Morgan fingerprint density at radius 2 is 1.80 bits per heavy atom. The molecular weight excluding hydrogens is 338 g/mol. The molecule has 1 atom stereocenters. The molecule has 0 aromatic heterocycles. The molecule has 2 aliphatic rings. The first kappa shape index (κ1) is 19.7. The van der Waals surface area contributed by atoms with Crippen molar-refractivity contribution in [3.05, 3.63) is 29.8 Å². The maximum Gasteiger partial charge on any atom is 0.228 e. The highest BCUT2D eigenvalue weighted by atomic mass is 35.5.